The van der Waals surface area contributed by atoms with Crippen LogP contribution in [0.1, 0.15) is 0 Å². The van der Waals surface area contributed by atoms with Gasteiger partial charge >= 0.3 is 0 Å². The van der Waals surface area contributed by atoms with E-state index < -0.39 is 6.29 Å². The number of aliphatic hydroxyl groups excluding tert-OH is 3. The summed E-state index contributed by atoms with van der Waals surface area (Å²) in [4.78, 5) is 1.96. The van der Waals surface area contributed by atoms with E-state index in [1.54, 1.807) is 0 Å². The van der Waals surface area contributed by atoms with Gasteiger partial charge in [0.1, 0.15) is 6.23 Å². The number of nitrogens with one attached hydrogen (secondary N) is 1. The molecule has 3 saturated heterocycles. The van der Waals surface area contributed by atoms with E-state index in [4.69, 9.17) is 14.9 Å². The summed E-state index contributed by atoms with van der Waals surface area (Å²) in [5, 5.41) is 30.4. The van der Waals surface area contributed by atoms with Gasteiger partial charge < -0.3 is 25.4 Å². The monoisotopic (exact) mass is 202 g/mol. The van der Waals surface area contributed by atoms with Gasteiger partial charge in [-0.2, -0.15) is 0 Å². The van der Waals surface area contributed by atoms with Crippen molar-refractivity contribution in [3.05, 3.63) is 0 Å². The van der Waals surface area contributed by atoms with Crippen molar-refractivity contribution in [1.82, 2.24) is 10.2 Å². The van der Waals surface area contributed by atoms with Crippen LogP contribution in [0.2, 0.25) is 0 Å². The van der Waals surface area contributed by atoms with E-state index in [1.165, 1.54) is 0 Å². The minimum atomic E-state index is -0.793. The normalized spacial score (nSPS) is 59.8. The van der Waals surface area contributed by atoms with Gasteiger partial charge in [-0.25, -0.2) is 0 Å². The van der Waals surface area contributed by atoms with Crippen LogP contribution >= 0.6 is 0 Å². The number of hydrogen-bond acceptors (Lipinski definition) is 6. The van der Waals surface area contributed by atoms with E-state index in [9.17, 15) is 5.11 Å². The molecule has 0 saturated carbocycles. The highest BCUT2D eigenvalue weighted by molar-refractivity contribution is 5.16. The molecule has 3 heterocycles. The van der Waals surface area contributed by atoms with Crippen molar-refractivity contribution in [3.63, 3.8) is 0 Å². The number of fused-ring (bicyclic) bond motifs is 1. The molecule has 3 fully saturated rings. The minimum Gasteiger partial charge on any atom is -0.395 e. The van der Waals surface area contributed by atoms with E-state index in [0.29, 0.717) is 0 Å². The molecule has 3 rings (SSSR count). The minimum absolute atomic E-state index is 0.0329. The standard InChI is InChI=1S/C8H14N2O4/c11-1-3-5(9-3)7-10-4(2-12)6(10)8(13)14-7/h3-9,11-13H,1-2H2/t3-,4-,5+,6+,7-,8-,10?/m1/s1. The van der Waals surface area contributed by atoms with Gasteiger partial charge in [-0.05, 0) is 0 Å². The second kappa shape index (κ2) is 2.88. The lowest BCUT2D eigenvalue weighted by Gasteiger charge is -2.15. The molecular weight excluding hydrogens is 188 g/mol. The van der Waals surface area contributed by atoms with Gasteiger partial charge in [0.25, 0.3) is 0 Å². The fourth-order valence-electron chi connectivity index (χ4n) is 2.42. The van der Waals surface area contributed by atoms with Gasteiger partial charge in [-0.1, -0.05) is 0 Å². The molecule has 0 aliphatic carbocycles. The molecule has 3 aliphatic heterocycles. The predicted octanol–water partition coefficient (Wildman–Crippen LogP) is -2.96. The first kappa shape index (κ1) is 9.02. The number of hydrogen-bond donors (Lipinski definition) is 4. The van der Waals surface area contributed by atoms with Crippen LogP contribution in [0.25, 0.3) is 0 Å². The zero-order valence-corrected chi connectivity index (χ0v) is 7.58. The Balaban J connectivity index is 1.66. The van der Waals surface area contributed by atoms with Crippen molar-refractivity contribution in [3.8, 4) is 0 Å². The highest BCUT2D eigenvalue weighted by Crippen LogP contribution is 2.44. The summed E-state index contributed by atoms with van der Waals surface area (Å²) in [5.41, 5.74) is 0. The average Bonchev–Trinajstić information content (AvgIpc) is 3.08. The number of ether oxygens (including phenoxy) is 1. The average molecular weight is 202 g/mol. The van der Waals surface area contributed by atoms with Crippen molar-refractivity contribution >= 4 is 0 Å². The van der Waals surface area contributed by atoms with E-state index >= 15 is 0 Å². The molecule has 0 amide bonds. The summed E-state index contributed by atoms with van der Waals surface area (Å²) >= 11 is 0. The maximum absolute atomic E-state index is 9.48. The van der Waals surface area contributed by atoms with E-state index in [0.717, 1.165) is 0 Å². The summed E-state index contributed by atoms with van der Waals surface area (Å²) in [7, 11) is 0. The fourth-order valence-corrected chi connectivity index (χ4v) is 2.42. The van der Waals surface area contributed by atoms with Gasteiger partial charge in [0.05, 0.1) is 31.3 Å². The predicted molar refractivity (Wildman–Crippen MR) is 45.2 cm³/mol. The van der Waals surface area contributed by atoms with Crippen LogP contribution in [0.15, 0.2) is 0 Å². The summed E-state index contributed by atoms with van der Waals surface area (Å²) in [5.74, 6) is 0. The summed E-state index contributed by atoms with van der Waals surface area (Å²) in [6.45, 7) is 0.140. The molecule has 6 heteroatoms. The largest absolute Gasteiger partial charge is 0.395 e. The van der Waals surface area contributed by atoms with Crippen LogP contribution in [0.3, 0.4) is 0 Å². The zero-order valence-electron chi connectivity index (χ0n) is 7.58. The second-order valence-electron chi connectivity index (χ2n) is 4.09. The first-order valence-corrected chi connectivity index (χ1v) is 4.86. The Bertz CT molecular complexity index is 251. The molecule has 0 aromatic heterocycles. The Hall–Kier alpha value is -0.240. The van der Waals surface area contributed by atoms with Gasteiger partial charge in [0.15, 0.2) is 6.29 Å². The van der Waals surface area contributed by atoms with Crippen LogP contribution in [0.4, 0.5) is 0 Å². The van der Waals surface area contributed by atoms with Crippen molar-refractivity contribution < 1.29 is 20.1 Å². The maximum Gasteiger partial charge on any atom is 0.174 e. The Morgan fingerprint density at radius 3 is 2.57 bits per heavy atom. The van der Waals surface area contributed by atoms with Gasteiger partial charge in [-0.3, -0.25) is 4.90 Å². The van der Waals surface area contributed by atoms with Gasteiger partial charge in [0.2, 0.25) is 0 Å². The van der Waals surface area contributed by atoms with Crippen molar-refractivity contribution in [2.45, 2.75) is 36.7 Å². The molecule has 3 aliphatic rings. The maximum atomic E-state index is 9.48. The summed E-state index contributed by atoms with van der Waals surface area (Å²) in [6, 6.07) is 0.152. The van der Waals surface area contributed by atoms with Crippen molar-refractivity contribution in [2.75, 3.05) is 13.2 Å². The molecular formula is C8H14N2O4. The molecule has 6 nitrogen and oxygen atoms in total. The van der Waals surface area contributed by atoms with Crippen LogP contribution in [-0.2, 0) is 4.74 Å². The van der Waals surface area contributed by atoms with E-state index in [2.05, 4.69) is 5.32 Å². The second-order valence-corrected chi connectivity index (χ2v) is 4.09. The molecule has 0 bridgehead atoms. The number of rotatable bonds is 3. The third-order valence-electron chi connectivity index (χ3n) is 3.32. The topological polar surface area (TPSA) is 94.9 Å². The smallest absolute Gasteiger partial charge is 0.174 e. The SMILES string of the molecule is OC[C@@H]1[C@H]2[C@H](O)O[C@H]([C@H]3N[C@@H]3CO)N21. The Morgan fingerprint density at radius 2 is 2.07 bits per heavy atom. The third kappa shape index (κ3) is 1.06. The number of nitrogens with zero attached hydrogens (tertiary/aromatic N) is 1. The van der Waals surface area contributed by atoms with Crippen LogP contribution < -0.4 is 5.32 Å². The lowest BCUT2D eigenvalue weighted by atomic mass is 10.3. The van der Waals surface area contributed by atoms with Crippen molar-refractivity contribution in [2.24, 2.45) is 0 Å². The lowest BCUT2D eigenvalue weighted by Crippen LogP contribution is -2.33. The van der Waals surface area contributed by atoms with E-state index in [1.807, 2.05) is 4.90 Å². The zero-order chi connectivity index (χ0) is 9.87. The Morgan fingerprint density at radius 1 is 1.29 bits per heavy atom. The molecule has 14 heavy (non-hydrogen) atoms. The quantitative estimate of drug-likeness (QED) is 0.365. The van der Waals surface area contributed by atoms with E-state index in [-0.39, 0.29) is 43.6 Å². The molecule has 4 N–H and O–H groups in total. The highest BCUT2D eigenvalue weighted by Gasteiger charge is 2.66. The summed E-state index contributed by atoms with van der Waals surface area (Å²) in [6.07, 6.45) is -0.983. The first-order chi connectivity index (χ1) is 6.77. The molecule has 80 valence electrons. The van der Waals surface area contributed by atoms with Crippen molar-refractivity contribution in [1.29, 1.82) is 0 Å². The third-order valence-corrected chi connectivity index (χ3v) is 3.32. The Kier molecular flexibility index (Phi) is 1.85. The van der Waals surface area contributed by atoms with Crippen LogP contribution in [-0.4, -0.2) is 70.1 Å². The number of aliphatic hydroxyl groups is 3. The first-order valence-electron chi connectivity index (χ1n) is 4.86. The molecule has 1 unspecified atom stereocenters. The fraction of sp³-hybridized carbons (Fsp3) is 1.00. The van der Waals surface area contributed by atoms with Gasteiger partial charge in [0, 0.05) is 6.04 Å². The molecule has 0 spiro atoms. The molecule has 0 aromatic carbocycles. The van der Waals surface area contributed by atoms with Crippen LogP contribution in [0, 0.1) is 0 Å². The summed E-state index contributed by atoms with van der Waals surface area (Å²) < 4.78 is 5.31. The molecule has 0 radical (unpaired) electrons. The Labute approximate surface area is 81.1 Å². The molecule has 7 atom stereocenters. The molecule has 0 aromatic rings. The van der Waals surface area contributed by atoms with Gasteiger partial charge in [-0.15, -0.1) is 0 Å². The van der Waals surface area contributed by atoms with Crippen LogP contribution in [0.5, 0.6) is 0 Å². The highest BCUT2D eigenvalue weighted by atomic mass is 16.6. The lowest BCUT2D eigenvalue weighted by molar-refractivity contribution is -0.119.